The summed E-state index contributed by atoms with van der Waals surface area (Å²) in [5.74, 6) is 1.31. The van der Waals surface area contributed by atoms with Crippen molar-refractivity contribution in [3.63, 3.8) is 0 Å². The Morgan fingerprint density at radius 2 is 2.15 bits per heavy atom. The molecule has 0 atom stereocenters. The third kappa shape index (κ3) is 2.24. The van der Waals surface area contributed by atoms with Crippen molar-refractivity contribution in [2.24, 2.45) is 5.92 Å². The number of thiophene rings is 1. The number of nitrogens with one attached hydrogen (secondary N) is 1. The van der Waals surface area contributed by atoms with Crippen molar-refractivity contribution >= 4 is 33.3 Å². The fourth-order valence-corrected chi connectivity index (χ4v) is 3.76. The number of carbonyl (C=O) groups is 1. The second-order valence-corrected chi connectivity index (χ2v) is 6.05. The van der Waals surface area contributed by atoms with Crippen LogP contribution in [0.4, 0.5) is 5.82 Å². The molecule has 1 aliphatic rings. The maximum atomic E-state index is 11.7. The van der Waals surface area contributed by atoms with Gasteiger partial charge >= 0.3 is 0 Å². The van der Waals surface area contributed by atoms with Gasteiger partial charge in [0.1, 0.15) is 12.1 Å². The zero-order valence-electron chi connectivity index (χ0n) is 11.7. The van der Waals surface area contributed by atoms with Gasteiger partial charge in [-0.25, -0.2) is 9.97 Å². The van der Waals surface area contributed by atoms with Gasteiger partial charge in [-0.1, -0.05) is 0 Å². The van der Waals surface area contributed by atoms with Gasteiger partial charge in [-0.3, -0.25) is 4.79 Å². The Kier molecular flexibility index (Phi) is 3.56. The summed E-state index contributed by atoms with van der Waals surface area (Å²) < 4.78 is 1.16. The number of rotatable bonds is 2. The highest BCUT2D eigenvalue weighted by atomic mass is 32.1. The quantitative estimate of drug-likeness (QED) is 0.918. The number of nitrogens with zero attached hydrogens (tertiary/aromatic N) is 3. The molecule has 1 aliphatic heterocycles. The van der Waals surface area contributed by atoms with E-state index in [2.05, 4.69) is 32.5 Å². The van der Waals surface area contributed by atoms with Gasteiger partial charge in [0.05, 0.1) is 10.2 Å². The van der Waals surface area contributed by atoms with Crippen LogP contribution in [0.3, 0.4) is 0 Å². The lowest BCUT2D eigenvalue weighted by atomic mass is 9.96. The fourth-order valence-electron chi connectivity index (χ4n) is 2.74. The molecule has 20 heavy (non-hydrogen) atoms. The highest BCUT2D eigenvalue weighted by Gasteiger charge is 2.26. The molecule has 0 aromatic carbocycles. The molecule has 1 N–H and O–H groups in total. The largest absolute Gasteiger partial charge is 0.359 e. The SMILES string of the molecule is CNC(=O)C1CCN(c2ncnc3c(C)csc23)CC1. The van der Waals surface area contributed by atoms with Crippen LogP contribution in [-0.2, 0) is 4.79 Å². The van der Waals surface area contributed by atoms with E-state index in [0.717, 1.165) is 42.0 Å². The van der Waals surface area contributed by atoms with Gasteiger partial charge in [-0.05, 0) is 30.7 Å². The smallest absolute Gasteiger partial charge is 0.222 e. The first-order chi connectivity index (χ1) is 9.70. The van der Waals surface area contributed by atoms with E-state index in [1.165, 1.54) is 5.56 Å². The highest BCUT2D eigenvalue weighted by molar-refractivity contribution is 7.18. The number of aryl methyl sites for hydroxylation is 1. The summed E-state index contributed by atoms with van der Waals surface area (Å²) in [6.45, 7) is 3.83. The van der Waals surface area contributed by atoms with Crippen molar-refractivity contribution in [1.29, 1.82) is 0 Å². The Labute approximate surface area is 122 Å². The Bertz CT molecular complexity index is 631. The molecule has 106 valence electrons. The van der Waals surface area contributed by atoms with E-state index in [9.17, 15) is 4.79 Å². The summed E-state index contributed by atoms with van der Waals surface area (Å²) in [6, 6.07) is 0. The minimum Gasteiger partial charge on any atom is -0.359 e. The Hall–Kier alpha value is -1.69. The molecule has 1 amide bonds. The Morgan fingerprint density at radius 3 is 2.85 bits per heavy atom. The zero-order chi connectivity index (χ0) is 14.1. The maximum Gasteiger partial charge on any atom is 0.222 e. The van der Waals surface area contributed by atoms with Crippen molar-refractivity contribution in [3.05, 3.63) is 17.3 Å². The predicted molar refractivity (Wildman–Crippen MR) is 81.2 cm³/mol. The van der Waals surface area contributed by atoms with E-state index in [4.69, 9.17) is 0 Å². The molecular formula is C14H18N4OS. The Morgan fingerprint density at radius 1 is 1.40 bits per heavy atom. The molecule has 0 saturated carbocycles. The van der Waals surface area contributed by atoms with E-state index in [1.807, 2.05) is 0 Å². The standard InChI is InChI=1S/C14H18N4OS/c1-9-7-20-12-11(9)16-8-17-13(12)18-5-3-10(4-6-18)14(19)15-2/h7-8,10H,3-6H2,1-2H3,(H,15,19). The molecule has 3 heterocycles. The zero-order valence-corrected chi connectivity index (χ0v) is 12.5. The molecule has 5 nitrogen and oxygen atoms in total. The van der Waals surface area contributed by atoms with E-state index in [0.29, 0.717) is 0 Å². The van der Waals surface area contributed by atoms with Gasteiger partial charge in [0.25, 0.3) is 0 Å². The number of hydrogen-bond acceptors (Lipinski definition) is 5. The van der Waals surface area contributed by atoms with Crippen LogP contribution in [-0.4, -0.2) is 36.0 Å². The average Bonchev–Trinajstić information content (AvgIpc) is 2.88. The number of hydrogen-bond donors (Lipinski definition) is 1. The lowest BCUT2D eigenvalue weighted by molar-refractivity contribution is -0.125. The third-order valence-corrected chi connectivity index (χ3v) is 5.01. The minimum atomic E-state index is 0.138. The maximum absolute atomic E-state index is 11.7. The molecular weight excluding hydrogens is 272 g/mol. The van der Waals surface area contributed by atoms with Crippen LogP contribution in [0.2, 0.25) is 0 Å². The number of carbonyl (C=O) groups excluding carboxylic acids is 1. The molecule has 0 bridgehead atoms. The van der Waals surface area contributed by atoms with E-state index in [1.54, 1.807) is 24.7 Å². The summed E-state index contributed by atoms with van der Waals surface area (Å²) in [4.78, 5) is 22.8. The van der Waals surface area contributed by atoms with Crippen molar-refractivity contribution < 1.29 is 4.79 Å². The van der Waals surface area contributed by atoms with Gasteiger partial charge in [-0.2, -0.15) is 0 Å². The lowest BCUT2D eigenvalue weighted by Gasteiger charge is -2.32. The summed E-state index contributed by atoms with van der Waals surface area (Å²) in [6.07, 6.45) is 3.41. The number of amides is 1. The van der Waals surface area contributed by atoms with Gasteiger partial charge in [0.2, 0.25) is 5.91 Å². The summed E-state index contributed by atoms with van der Waals surface area (Å²) in [7, 11) is 1.71. The summed E-state index contributed by atoms with van der Waals surface area (Å²) in [5, 5.41) is 4.87. The van der Waals surface area contributed by atoms with E-state index >= 15 is 0 Å². The second-order valence-electron chi connectivity index (χ2n) is 5.17. The molecule has 1 saturated heterocycles. The van der Waals surface area contributed by atoms with Crippen LogP contribution in [0.5, 0.6) is 0 Å². The number of fused-ring (bicyclic) bond motifs is 1. The molecule has 0 radical (unpaired) electrons. The van der Waals surface area contributed by atoms with Gasteiger partial charge in [0.15, 0.2) is 0 Å². The van der Waals surface area contributed by atoms with Crippen molar-refractivity contribution in [3.8, 4) is 0 Å². The van der Waals surface area contributed by atoms with Crippen LogP contribution in [0, 0.1) is 12.8 Å². The lowest BCUT2D eigenvalue weighted by Crippen LogP contribution is -2.39. The van der Waals surface area contributed by atoms with Gasteiger partial charge in [0, 0.05) is 26.1 Å². The average molecular weight is 290 g/mol. The topological polar surface area (TPSA) is 58.1 Å². The summed E-state index contributed by atoms with van der Waals surface area (Å²) in [5.41, 5.74) is 2.25. The van der Waals surface area contributed by atoms with Crippen molar-refractivity contribution in [2.45, 2.75) is 19.8 Å². The predicted octanol–water partition coefficient (Wildman–Crippen LogP) is 1.96. The van der Waals surface area contributed by atoms with Gasteiger partial charge < -0.3 is 10.2 Å². The molecule has 3 rings (SSSR count). The van der Waals surface area contributed by atoms with Crippen LogP contribution in [0.15, 0.2) is 11.7 Å². The molecule has 2 aromatic heterocycles. The van der Waals surface area contributed by atoms with Crippen molar-refractivity contribution in [1.82, 2.24) is 15.3 Å². The molecule has 2 aromatic rings. The number of aromatic nitrogens is 2. The molecule has 1 fully saturated rings. The normalized spacial score (nSPS) is 16.6. The van der Waals surface area contributed by atoms with Crippen LogP contribution in [0.25, 0.3) is 10.2 Å². The molecule has 0 aliphatic carbocycles. The minimum absolute atomic E-state index is 0.138. The molecule has 0 spiro atoms. The highest BCUT2D eigenvalue weighted by Crippen LogP contribution is 2.32. The first-order valence-electron chi connectivity index (χ1n) is 6.86. The Balaban J connectivity index is 1.82. The molecule has 6 heteroatoms. The van der Waals surface area contributed by atoms with Crippen LogP contribution >= 0.6 is 11.3 Å². The second kappa shape index (κ2) is 5.36. The third-order valence-electron chi connectivity index (χ3n) is 3.92. The monoisotopic (exact) mass is 290 g/mol. The van der Waals surface area contributed by atoms with Crippen LogP contribution in [0.1, 0.15) is 18.4 Å². The first kappa shape index (κ1) is 13.3. The van der Waals surface area contributed by atoms with Crippen LogP contribution < -0.4 is 10.2 Å². The van der Waals surface area contributed by atoms with E-state index < -0.39 is 0 Å². The first-order valence-corrected chi connectivity index (χ1v) is 7.74. The number of piperidine rings is 1. The fraction of sp³-hybridized carbons (Fsp3) is 0.500. The summed E-state index contributed by atoms with van der Waals surface area (Å²) >= 11 is 1.70. The number of anilines is 1. The van der Waals surface area contributed by atoms with Gasteiger partial charge in [-0.15, -0.1) is 11.3 Å². The van der Waals surface area contributed by atoms with Crippen molar-refractivity contribution in [2.75, 3.05) is 25.0 Å². The van der Waals surface area contributed by atoms with E-state index in [-0.39, 0.29) is 11.8 Å². The molecule has 0 unspecified atom stereocenters.